The fraction of sp³-hybridized carbons (Fsp3) is 0.385. The van der Waals surface area contributed by atoms with Crippen molar-refractivity contribution in [1.82, 2.24) is 5.32 Å². The molecule has 1 aromatic rings. The van der Waals surface area contributed by atoms with Gasteiger partial charge in [-0.25, -0.2) is 22.8 Å². The molecule has 21 heavy (non-hydrogen) atoms. The molecule has 0 unspecified atom stereocenters. The van der Waals surface area contributed by atoms with Crippen molar-refractivity contribution in [1.29, 1.82) is 0 Å². The van der Waals surface area contributed by atoms with Gasteiger partial charge in [0.1, 0.15) is 6.04 Å². The number of anilines is 1. The first-order valence-corrected chi connectivity index (χ1v) is 6.16. The van der Waals surface area contributed by atoms with Crippen LogP contribution in [0.4, 0.5) is 23.7 Å². The van der Waals surface area contributed by atoms with Crippen LogP contribution >= 0.6 is 0 Å². The Morgan fingerprint density at radius 2 is 1.81 bits per heavy atom. The Kier molecular flexibility index (Phi) is 5.57. The first-order valence-electron chi connectivity index (χ1n) is 6.16. The lowest BCUT2D eigenvalue weighted by Gasteiger charge is -2.17. The van der Waals surface area contributed by atoms with E-state index < -0.39 is 41.2 Å². The number of urea groups is 1. The van der Waals surface area contributed by atoms with Gasteiger partial charge in [0.25, 0.3) is 0 Å². The number of rotatable bonds is 5. The number of halogens is 3. The van der Waals surface area contributed by atoms with Crippen LogP contribution in [-0.2, 0) is 4.79 Å². The highest BCUT2D eigenvalue weighted by atomic mass is 19.2. The number of amides is 2. The normalized spacial score (nSPS) is 12.1. The molecular weight excluding hydrogens is 289 g/mol. The van der Waals surface area contributed by atoms with Gasteiger partial charge in [0.2, 0.25) is 0 Å². The van der Waals surface area contributed by atoms with Crippen LogP contribution in [0.15, 0.2) is 12.1 Å². The number of nitrogens with one attached hydrogen (secondary N) is 2. The molecule has 0 aliphatic rings. The van der Waals surface area contributed by atoms with Crippen molar-refractivity contribution < 1.29 is 27.9 Å². The van der Waals surface area contributed by atoms with Crippen LogP contribution in [0.5, 0.6) is 0 Å². The molecule has 0 saturated carbocycles. The van der Waals surface area contributed by atoms with Crippen LogP contribution in [0.25, 0.3) is 0 Å². The van der Waals surface area contributed by atoms with E-state index in [-0.39, 0.29) is 12.3 Å². The SMILES string of the molecule is CC(C)C[C@@H](NC(=O)Nc1ccc(F)c(F)c1F)C(=O)O. The van der Waals surface area contributed by atoms with E-state index in [1.54, 1.807) is 13.8 Å². The van der Waals surface area contributed by atoms with E-state index in [2.05, 4.69) is 5.32 Å². The van der Waals surface area contributed by atoms with Gasteiger partial charge in [0, 0.05) is 0 Å². The van der Waals surface area contributed by atoms with E-state index in [1.807, 2.05) is 5.32 Å². The quantitative estimate of drug-likeness (QED) is 0.732. The third-order valence-electron chi connectivity index (χ3n) is 2.59. The van der Waals surface area contributed by atoms with Gasteiger partial charge in [0.05, 0.1) is 5.69 Å². The lowest BCUT2D eigenvalue weighted by molar-refractivity contribution is -0.139. The molecule has 0 saturated heterocycles. The largest absolute Gasteiger partial charge is 0.480 e. The highest BCUT2D eigenvalue weighted by Gasteiger charge is 2.22. The molecule has 0 spiro atoms. The summed E-state index contributed by atoms with van der Waals surface area (Å²) in [5, 5.41) is 13.0. The number of hydrogen-bond acceptors (Lipinski definition) is 2. The third-order valence-corrected chi connectivity index (χ3v) is 2.59. The van der Waals surface area contributed by atoms with Crippen LogP contribution in [0, 0.1) is 23.4 Å². The summed E-state index contributed by atoms with van der Waals surface area (Å²) in [5.74, 6) is -5.90. The van der Waals surface area contributed by atoms with E-state index in [1.165, 1.54) is 0 Å². The maximum atomic E-state index is 13.4. The van der Waals surface area contributed by atoms with Gasteiger partial charge in [0.15, 0.2) is 17.5 Å². The summed E-state index contributed by atoms with van der Waals surface area (Å²) in [7, 11) is 0. The van der Waals surface area contributed by atoms with Gasteiger partial charge in [-0.2, -0.15) is 0 Å². The predicted molar refractivity (Wildman–Crippen MR) is 69.3 cm³/mol. The van der Waals surface area contributed by atoms with Gasteiger partial charge in [-0.3, -0.25) is 0 Å². The van der Waals surface area contributed by atoms with Gasteiger partial charge in [-0.05, 0) is 24.5 Å². The first-order chi connectivity index (χ1) is 9.72. The lowest BCUT2D eigenvalue weighted by atomic mass is 10.0. The predicted octanol–water partition coefficient (Wildman–Crippen LogP) is 2.72. The fourth-order valence-corrected chi connectivity index (χ4v) is 1.63. The first kappa shape index (κ1) is 16.8. The van der Waals surface area contributed by atoms with Crippen LogP contribution in [0.2, 0.25) is 0 Å². The Morgan fingerprint density at radius 1 is 1.19 bits per heavy atom. The van der Waals surface area contributed by atoms with Crippen molar-refractivity contribution in [3.63, 3.8) is 0 Å². The number of benzene rings is 1. The Labute approximate surface area is 119 Å². The minimum Gasteiger partial charge on any atom is -0.480 e. The zero-order chi connectivity index (χ0) is 16.2. The zero-order valence-electron chi connectivity index (χ0n) is 11.4. The van der Waals surface area contributed by atoms with E-state index in [0.29, 0.717) is 6.07 Å². The molecule has 1 rings (SSSR count). The summed E-state index contributed by atoms with van der Waals surface area (Å²) in [6.45, 7) is 3.54. The number of carboxylic acids is 1. The molecule has 116 valence electrons. The zero-order valence-corrected chi connectivity index (χ0v) is 11.4. The summed E-state index contributed by atoms with van der Waals surface area (Å²) in [6, 6.07) is -0.700. The highest BCUT2D eigenvalue weighted by molar-refractivity contribution is 5.92. The number of carbonyl (C=O) groups is 2. The molecular formula is C13H15F3N2O3. The second kappa shape index (κ2) is 6.96. The molecule has 1 aromatic carbocycles. The van der Waals surface area contributed by atoms with Crippen LogP contribution in [0.3, 0.4) is 0 Å². The molecule has 0 radical (unpaired) electrons. The van der Waals surface area contributed by atoms with Crippen molar-refractivity contribution in [2.24, 2.45) is 5.92 Å². The Morgan fingerprint density at radius 3 is 2.33 bits per heavy atom. The number of aliphatic carboxylic acids is 1. The minimum atomic E-state index is -1.72. The second-order valence-electron chi connectivity index (χ2n) is 4.84. The summed E-state index contributed by atoms with van der Waals surface area (Å²) in [4.78, 5) is 22.6. The maximum absolute atomic E-state index is 13.4. The molecule has 0 fully saturated rings. The van der Waals surface area contributed by atoms with Crippen molar-refractivity contribution in [3.05, 3.63) is 29.6 Å². The molecule has 0 aromatic heterocycles. The second-order valence-corrected chi connectivity index (χ2v) is 4.84. The van der Waals surface area contributed by atoms with Crippen LogP contribution in [0.1, 0.15) is 20.3 Å². The molecule has 3 N–H and O–H groups in total. The maximum Gasteiger partial charge on any atom is 0.326 e. The number of carboxylic acid groups (broad SMARTS) is 1. The molecule has 0 aliphatic carbocycles. The van der Waals surface area contributed by atoms with E-state index >= 15 is 0 Å². The summed E-state index contributed by atoms with van der Waals surface area (Å²) in [5.41, 5.74) is -0.583. The van der Waals surface area contributed by atoms with Gasteiger partial charge >= 0.3 is 12.0 Å². The monoisotopic (exact) mass is 304 g/mol. The molecule has 2 amide bonds. The number of carbonyl (C=O) groups excluding carboxylic acids is 1. The van der Waals surface area contributed by atoms with E-state index in [4.69, 9.17) is 5.11 Å². The van der Waals surface area contributed by atoms with Crippen molar-refractivity contribution in [3.8, 4) is 0 Å². The molecule has 1 atom stereocenters. The van der Waals surface area contributed by atoms with Crippen molar-refractivity contribution in [2.45, 2.75) is 26.3 Å². The molecule has 0 aliphatic heterocycles. The summed E-state index contributed by atoms with van der Waals surface area (Å²) >= 11 is 0. The Balaban J connectivity index is 2.77. The molecule has 8 heteroatoms. The lowest BCUT2D eigenvalue weighted by Crippen LogP contribution is -2.43. The Bertz CT molecular complexity index is 550. The van der Waals surface area contributed by atoms with Crippen LogP contribution in [-0.4, -0.2) is 23.1 Å². The van der Waals surface area contributed by atoms with Gasteiger partial charge < -0.3 is 15.7 Å². The standard InChI is InChI=1S/C13H15F3N2O3/c1-6(2)5-9(12(19)20)18-13(21)17-8-4-3-7(14)10(15)11(8)16/h3-4,6,9H,5H2,1-2H3,(H,19,20)(H2,17,18,21)/t9-/m1/s1. The smallest absolute Gasteiger partial charge is 0.326 e. The van der Waals surface area contributed by atoms with Crippen molar-refractivity contribution >= 4 is 17.7 Å². The third kappa shape index (κ3) is 4.66. The highest BCUT2D eigenvalue weighted by Crippen LogP contribution is 2.19. The topological polar surface area (TPSA) is 78.4 Å². The van der Waals surface area contributed by atoms with Gasteiger partial charge in [-0.15, -0.1) is 0 Å². The average Bonchev–Trinajstić information content (AvgIpc) is 2.38. The molecule has 0 heterocycles. The van der Waals surface area contributed by atoms with Gasteiger partial charge in [-0.1, -0.05) is 13.8 Å². The summed E-state index contributed by atoms with van der Waals surface area (Å²) in [6.07, 6.45) is 0.170. The molecule has 5 nitrogen and oxygen atoms in total. The van der Waals surface area contributed by atoms with E-state index in [0.717, 1.165) is 6.07 Å². The fourth-order valence-electron chi connectivity index (χ4n) is 1.63. The summed E-state index contributed by atoms with van der Waals surface area (Å²) < 4.78 is 39.1. The van der Waals surface area contributed by atoms with Crippen molar-refractivity contribution in [2.75, 3.05) is 5.32 Å². The van der Waals surface area contributed by atoms with E-state index in [9.17, 15) is 22.8 Å². The number of hydrogen-bond donors (Lipinski definition) is 3. The van der Waals surface area contributed by atoms with Crippen LogP contribution < -0.4 is 10.6 Å². The minimum absolute atomic E-state index is 0.00593. The Hall–Kier alpha value is -2.25. The average molecular weight is 304 g/mol. The molecule has 0 bridgehead atoms.